The Morgan fingerprint density at radius 3 is 2.33 bits per heavy atom. The molecular formula is C19H21NO3S. The van der Waals surface area contributed by atoms with E-state index < -0.39 is 5.97 Å². The summed E-state index contributed by atoms with van der Waals surface area (Å²) in [6.45, 7) is 5.74. The van der Waals surface area contributed by atoms with E-state index in [1.807, 2.05) is 57.2 Å². The maximum Gasteiger partial charge on any atom is 0.316 e. The number of aryl methyl sites for hydroxylation is 3. The van der Waals surface area contributed by atoms with Gasteiger partial charge in [-0.25, -0.2) is 0 Å². The first-order chi connectivity index (χ1) is 11.4. The van der Waals surface area contributed by atoms with Gasteiger partial charge < -0.3 is 10.1 Å². The summed E-state index contributed by atoms with van der Waals surface area (Å²) in [6, 6.07) is 13.5. The monoisotopic (exact) mass is 343 g/mol. The fourth-order valence-corrected chi connectivity index (χ4v) is 2.93. The maximum atomic E-state index is 11.8. The molecule has 0 unspecified atom stereocenters. The molecule has 1 amide bonds. The van der Waals surface area contributed by atoms with Crippen molar-refractivity contribution in [2.45, 2.75) is 25.7 Å². The van der Waals surface area contributed by atoms with Gasteiger partial charge in [0.25, 0.3) is 5.91 Å². The van der Waals surface area contributed by atoms with E-state index in [9.17, 15) is 9.59 Å². The van der Waals surface area contributed by atoms with Gasteiger partial charge in [-0.05, 0) is 44.5 Å². The number of nitrogens with one attached hydrogen (secondary N) is 1. The van der Waals surface area contributed by atoms with E-state index in [0.29, 0.717) is 5.69 Å². The molecule has 2 aromatic carbocycles. The Morgan fingerprint density at radius 1 is 1.00 bits per heavy atom. The van der Waals surface area contributed by atoms with E-state index in [0.717, 1.165) is 16.0 Å². The van der Waals surface area contributed by atoms with Crippen LogP contribution >= 0.6 is 11.8 Å². The lowest BCUT2D eigenvalue weighted by atomic mass is 10.2. The van der Waals surface area contributed by atoms with Crippen LogP contribution in [0.5, 0.6) is 0 Å². The van der Waals surface area contributed by atoms with Crippen molar-refractivity contribution in [1.82, 2.24) is 0 Å². The molecule has 0 radical (unpaired) electrons. The highest BCUT2D eigenvalue weighted by molar-refractivity contribution is 8.00. The van der Waals surface area contributed by atoms with Gasteiger partial charge in [-0.15, -0.1) is 11.8 Å². The molecule has 0 aliphatic rings. The lowest BCUT2D eigenvalue weighted by molar-refractivity contribution is -0.144. The van der Waals surface area contributed by atoms with Crippen molar-refractivity contribution < 1.29 is 14.3 Å². The summed E-state index contributed by atoms with van der Waals surface area (Å²) in [5.74, 6) is -0.565. The second-order valence-electron chi connectivity index (χ2n) is 5.63. The van der Waals surface area contributed by atoms with Crippen molar-refractivity contribution in [3.8, 4) is 0 Å². The van der Waals surface area contributed by atoms with Crippen LogP contribution in [0.3, 0.4) is 0 Å². The molecule has 2 aromatic rings. The first-order valence-corrected chi connectivity index (χ1v) is 8.65. The SMILES string of the molecule is Cc1ccc(NC(=O)COC(=O)CSc2ccc(C)cc2C)cc1. The summed E-state index contributed by atoms with van der Waals surface area (Å²) in [4.78, 5) is 24.6. The van der Waals surface area contributed by atoms with Gasteiger partial charge in [-0.3, -0.25) is 9.59 Å². The fourth-order valence-electron chi connectivity index (χ4n) is 2.12. The largest absolute Gasteiger partial charge is 0.455 e. The molecule has 5 heteroatoms. The Labute approximate surface area is 146 Å². The molecule has 0 aliphatic heterocycles. The number of ether oxygens (including phenoxy) is 1. The number of hydrogen-bond donors (Lipinski definition) is 1. The highest BCUT2D eigenvalue weighted by Gasteiger charge is 2.09. The first-order valence-electron chi connectivity index (χ1n) is 7.66. The quantitative estimate of drug-likeness (QED) is 0.639. The molecule has 0 saturated carbocycles. The van der Waals surface area contributed by atoms with Gasteiger partial charge >= 0.3 is 5.97 Å². The average molecular weight is 343 g/mol. The van der Waals surface area contributed by atoms with Crippen LogP contribution in [0.4, 0.5) is 5.69 Å². The van der Waals surface area contributed by atoms with Crippen LogP contribution in [0.25, 0.3) is 0 Å². The molecule has 2 rings (SSSR count). The highest BCUT2D eigenvalue weighted by Crippen LogP contribution is 2.23. The van der Waals surface area contributed by atoms with Gasteiger partial charge in [0.05, 0.1) is 5.75 Å². The van der Waals surface area contributed by atoms with Crippen LogP contribution in [0, 0.1) is 20.8 Å². The van der Waals surface area contributed by atoms with Gasteiger partial charge in [0, 0.05) is 10.6 Å². The standard InChI is InChI=1S/C19H21NO3S/c1-13-4-7-16(8-5-13)20-18(21)11-23-19(22)12-24-17-9-6-14(2)10-15(17)3/h4-10H,11-12H2,1-3H3,(H,20,21). The predicted molar refractivity (Wildman–Crippen MR) is 97.4 cm³/mol. The molecule has 24 heavy (non-hydrogen) atoms. The lowest BCUT2D eigenvalue weighted by Crippen LogP contribution is -2.21. The molecule has 0 atom stereocenters. The molecule has 0 fully saturated rings. The molecule has 126 valence electrons. The van der Waals surface area contributed by atoms with E-state index in [2.05, 4.69) is 11.4 Å². The maximum absolute atomic E-state index is 11.8. The van der Waals surface area contributed by atoms with E-state index in [1.165, 1.54) is 17.3 Å². The molecule has 1 N–H and O–H groups in total. The Kier molecular flexibility index (Phi) is 6.44. The zero-order valence-electron chi connectivity index (χ0n) is 14.1. The smallest absolute Gasteiger partial charge is 0.316 e. The van der Waals surface area contributed by atoms with Crippen molar-refractivity contribution in [2.75, 3.05) is 17.7 Å². The molecule has 0 aromatic heterocycles. The lowest BCUT2D eigenvalue weighted by Gasteiger charge is -2.08. The predicted octanol–water partition coefficient (Wildman–Crippen LogP) is 3.89. The minimum atomic E-state index is -0.404. The number of hydrogen-bond acceptors (Lipinski definition) is 4. The fraction of sp³-hybridized carbons (Fsp3) is 0.263. The summed E-state index contributed by atoms with van der Waals surface area (Å²) in [5.41, 5.74) is 4.12. The summed E-state index contributed by atoms with van der Waals surface area (Å²) in [6.07, 6.45) is 0. The van der Waals surface area contributed by atoms with E-state index in [1.54, 1.807) is 0 Å². The third-order valence-corrected chi connectivity index (χ3v) is 4.52. The zero-order valence-corrected chi connectivity index (χ0v) is 14.9. The van der Waals surface area contributed by atoms with Gasteiger partial charge in [0.1, 0.15) is 0 Å². The number of esters is 1. The van der Waals surface area contributed by atoms with Crippen LogP contribution in [-0.4, -0.2) is 24.2 Å². The summed E-state index contributed by atoms with van der Waals surface area (Å²) in [7, 11) is 0. The Balaban J connectivity index is 1.74. The Hall–Kier alpha value is -2.27. The number of anilines is 1. The van der Waals surface area contributed by atoms with Crippen molar-refractivity contribution in [1.29, 1.82) is 0 Å². The van der Waals surface area contributed by atoms with Crippen LogP contribution in [0.15, 0.2) is 47.4 Å². The van der Waals surface area contributed by atoms with Crippen molar-refractivity contribution in [3.05, 3.63) is 59.2 Å². The molecule has 0 spiro atoms. The first kappa shape index (κ1) is 18.1. The molecular weight excluding hydrogens is 322 g/mol. The number of carbonyl (C=O) groups excluding carboxylic acids is 2. The average Bonchev–Trinajstić information content (AvgIpc) is 2.54. The van der Waals surface area contributed by atoms with Gasteiger partial charge in [0.15, 0.2) is 6.61 Å². The number of benzene rings is 2. The molecule has 0 saturated heterocycles. The normalized spacial score (nSPS) is 10.3. The third kappa shape index (κ3) is 5.74. The number of rotatable bonds is 6. The van der Waals surface area contributed by atoms with Crippen molar-refractivity contribution in [2.24, 2.45) is 0 Å². The second-order valence-corrected chi connectivity index (χ2v) is 6.65. The minimum Gasteiger partial charge on any atom is -0.455 e. The van der Waals surface area contributed by atoms with Gasteiger partial charge in [-0.1, -0.05) is 35.4 Å². The van der Waals surface area contributed by atoms with Gasteiger partial charge in [-0.2, -0.15) is 0 Å². The summed E-state index contributed by atoms with van der Waals surface area (Å²) < 4.78 is 5.01. The summed E-state index contributed by atoms with van der Waals surface area (Å²) >= 11 is 1.41. The second kappa shape index (κ2) is 8.55. The topological polar surface area (TPSA) is 55.4 Å². The third-order valence-electron chi connectivity index (χ3n) is 3.38. The number of amides is 1. The van der Waals surface area contributed by atoms with Crippen molar-refractivity contribution >= 4 is 29.3 Å². The Bertz CT molecular complexity index is 726. The van der Waals surface area contributed by atoms with Crippen molar-refractivity contribution in [3.63, 3.8) is 0 Å². The highest BCUT2D eigenvalue weighted by atomic mass is 32.2. The minimum absolute atomic E-state index is 0.182. The van der Waals surface area contributed by atoms with Crippen LogP contribution in [0.2, 0.25) is 0 Å². The number of thioether (sulfide) groups is 1. The molecule has 0 bridgehead atoms. The van der Waals surface area contributed by atoms with Gasteiger partial charge in [0.2, 0.25) is 0 Å². The number of carbonyl (C=O) groups is 2. The molecule has 0 heterocycles. The van der Waals surface area contributed by atoms with E-state index in [-0.39, 0.29) is 18.3 Å². The zero-order chi connectivity index (χ0) is 17.5. The van der Waals surface area contributed by atoms with Crippen LogP contribution < -0.4 is 5.32 Å². The molecule has 4 nitrogen and oxygen atoms in total. The van der Waals surface area contributed by atoms with Crippen LogP contribution in [-0.2, 0) is 14.3 Å². The van der Waals surface area contributed by atoms with E-state index >= 15 is 0 Å². The Morgan fingerprint density at radius 2 is 1.67 bits per heavy atom. The molecule has 0 aliphatic carbocycles. The van der Waals surface area contributed by atoms with Crippen LogP contribution in [0.1, 0.15) is 16.7 Å². The summed E-state index contributed by atoms with van der Waals surface area (Å²) in [5, 5.41) is 2.69. The van der Waals surface area contributed by atoms with E-state index in [4.69, 9.17) is 4.74 Å².